The minimum absolute atomic E-state index is 0.0230. The van der Waals surface area contributed by atoms with Gasteiger partial charge in [-0.05, 0) is 25.5 Å². The monoisotopic (exact) mass is 351 g/mol. The van der Waals surface area contributed by atoms with Crippen molar-refractivity contribution in [2.24, 2.45) is 0 Å². The maximum absolute atomic E-state index is 12.8. The fraction of sp³-hybridized carbons (Fsp3) is 0.316. The van der Waals surface area contributed by atoms with Crippen molar-refractivity contribution < 1.29 is 9.53 Å². The molecule has 0 atom stereocenters. The molecule has 7 heteroatoms. The van der Waals surface area contributed by atoms with E-state index >= 15 is 0 Å². The molecule has 3 heterocycles. The summed E-state index contributed by atoms with van der Waals surface area (Å²) in [5.41, 5.74) is 1.82. The highest BCUT2D eigenvalue weighted by molar-refractivity contribution is 5.92. The molecule has 0 N–H and O–H groups in total. The number of ether oxygens (including phenoxy) is 1. The van der Waals surface area contributed by atoms with Crippen molar-refractivity contribution in [1.82, 2.24) is 19.1 Å². The smallest absolute Gasteiger partial charge is 0.249 e. The largest absolute Gasteiger partial charge is 0.497 e. The summed E-state index contributed by atoms with van der Waals surface area (Å²) >= 11 is 0. The van der Waals surface area contributed by atoms with Crippen LogP contribution in [0.25, 0.3) is 11.3 Å². The van der Waals surface area contributed by atoms with Gasteiger partial charge in [-0.1, -0.05) is 12.1 Å². The Kier molecular flexibility index (Phi) is 4.20. The second kappa shape index (κ2) is 6.67. The zero-order valence-corrected chi connectivity index (χ0v) is 14.9. The quantitative estimate of drug-likeness (QED) is 0.724. The summed E-state index contributed by atoms with van der Waals surface area (Å²) in [7, 11) is 1.65. The molecule has 134 valence electrons. The van der Waals surface area contributed by atoms with Gasteiger partial charge in [-0.3, -0.25) is 9.69 Å². The average Bonchev–Trinajstić information content (AvgIpc) is 3.27. The molecule has 7 nitrogen and oxygen atoms in total. The molecule has 26 heavy (non-hydrogen) atoms. The van der Waals surface area contributed by atoms with Crippen LogP contribution in [0.5, 0.6) is 5.75 Å². The number of hydrogen-bond donors (Lipinski definition) is 0. The topological polar surface area (TPSA) is 65.2 Å². The Balaban J connectivity index is 1.63. The third-order valence-electron chi connectivity index (χ3n) is 4.67. The van der Waals surface area contributed by atoms with Gasteiger partial charge in [0.1, 0.15) is 18.1 Å². The molecule has 1 aromatic carbocycles. The zero-order valence-electron chi connectivity index (χ0n) is 14.9. The zero-order chi connectivity index (χ0) is 18.1. The van der Waals surface area contributed by atoms with Crippen molar-refractivity contribution in [3.63, 3.8) is 0 Å². The molecule has 0 bridgehead atoms. The summed E-state index contributed by atoms with van der Waals surface area (Å²) < 4.78 is 9.21. The number of anilines is 1. The second-order valence-electron chi connectivity index (χ2n) is 6.35. The number of imidazole rings is 2. The Morgan fingerprint density at radius 2 is 2.19 bits per heavy atom. The van der Waals surface area contributed by atoms with E-state index in [0.29, 0.717) is 12.5 Å². The Morgan fingerprint density at radius 1 is 1.31 bits per heavy atom. The van der Waals surface area contributed by atoms with Crippen LogP contribution in [-0.4, -0.2) is 38.7 Å². The van der Waals surface area contributed by atoms with Crippen molar-refractivity contribution in [2.75, 3.05) is 18.6 Å². The van der Waals surface area contributed by atoms with E-state index in [2.05, 4.69) is 9.55 Å². The molecule has 2 aromatic heterocycles. The molecule has 0 aliphatic carbocycles. The van der Waals surface area contributed by atoms with E-state index in [-0.39, 0.29) is 12.5 Å². The van der Waals surface area contributed by atoms with E-state index in [0.717, 1.165) is 35.8 Å². The highest BCUT2D eigenvalue weighted by Gasteiger charge is 2.26. The number of aryl methyl sites for hydroxylation is 2. The minimum atomic E-state index is 0.0230. The molecular formula is C19H21N5O2. The van der Waals surface area contributed by atoms with Gasteiger partial charge in [-0.25, -0.2) is 9.97 Å². The number of nitrogens with zero attached hydrogens (tertiary/aromatic N) is 5. The molecule has 0 unspecified atom stereocenters. The Morgan fingerprint density at radius 3 is 2.96 bits per heavy atom. The van der Waals surface area contributed by atoms with Gasteiger partial charge in [0, 0.05) is 37.2 Å². The van der Waals surface area contributed by atoms with Crippen LogP contribution in [0.3, 0.4) is 0 Å². The fourth-order valence-corrected chi connectivity index (χ4v) is 3.24. The van der Waals surface area contributed by atoms with Crippen molar-refractivity contribution in [1.29, 1.82) is 0 Å². The first kappa shape index (κ1) is 16.4. The van der Waals surface area contributed by atoms with Crippen LogP contribution in [0, 0.1) is 6.92 Å². The van der Waals surface area contributed by atoms with Crippen molar-refractivity contribution in [3.8, 4) is 17.0 Å². The number of fused-ring (bicyclic) bond motifs is 1. The molecule has 1 amide bonds. The summed E-state index contributed by atoms with van der Waals surface area (Å²) in [5.74, 6) is 2.35. The second-order valence-corrected chi connectivity index (χ2v) is 6.35. The van der Waals surface area contributed by atoms with E-state index in [1.165, 1.54) is 0 Å². The molecule has 1 aliphatic rings. The predicted molar refractivity (Wildman–Crippen MR) is 98.1 cm³/mol. The van der Waals surface area contributed by atoms with E-state index in [1.54, 1.807) is 18.2 Å². The van der Waals surface area contributed by atoms with E-state index in [9.17, 15) is 4.79 Å². The SMILES string of the molecule is COc1cccc(-c2cn3c(n2)N(C(=O)Cn2ccnc2C)CCC3)c1. The number of methoxy groups -OCH3 is 1. The van der Waals surface area contributed by atoms with Crippen LogP contribution in [0.1, 0.15) is 12.2 Å². The summed E-state index contributed by atoms with van der Waals surface area (Å²) in [5, 5.41) is 0. The van der Waals surface area contributed by atoms with Crippen LogP contribution >= 0.6 is 0 Å². The lowest BCUT2D eigenvalue weighted by atomic mass is 10.1. The van der Waals surface area contributed by atoms with Gasteiger partial charge >= 0.3 is 0 Å². The van der Waals surface area contributed by atoms with Gasteiger partial charge in [0.25, 0.3) is 0 Å². The van der Waals surface area contributed by atoms with Crippen molar-refractivity contribution in [2.45, 2.75) is 26.4 Å². The molecule has 0 spiro atoms. The highest BCUT2D eigenvalue weighted by Crippen LogP contribution is 2.28. The standard InChI is InChI=1S/C19H21N5O2/c1-14-20-7-10-22(14)13-18(25)24-9-4-8-23-12-17(21-19(23)24)15-5-3-6-16(11-15)26-2/h3,5-7,10-12H,4,8-9,13H2,1-2H3. The molecule has 3 aromatic rings. The number of rotatable bonds is 4. The van der Waals surface area contributed by atoms with Crippen LogP contribution in [0.2, 0.25) is 0 Å². The molecule has 1 aliphatic heterocycles. The first-order valence-electron chi connectivity index (χ1n) is 8.65. The number of hydrogen-bond acceptors (Lipinski definition) is 4. The normalized spacial score (nSPS) is 13.5. The van der Waals surface area contributed by atoms with E-state index < -0.39 is 0 Å². The van der Waals surface area contributed by atoms with Crippen LogP contribution < -0.4 is 9.64 Å². The number of benzene rings is 1. The Hall–Kier alpha value is -3.09. The van der Waals surface area contributed by atoms with Gasteiger partial charge in [0.15, 0.2) is 0 Å². The first-order chi connectivity index (χ1) is 12.7. The fourth-order valence-electron chi connectivity index (χ4n) is 3.24. The maximum Gasteiger partial charge on any atom is 0.249 e. The molecule has 4 rings (SSSR count). The Bertz CT molecular complexity index is 943. The lowest BCUT2D eigenvalue weighted by molar-refractivity contribution is -0.119. The molecule has 0 radical (unpaired) electrons. The lowest BCUT2D eigenvalue weighted by Crippen LogP contribution is -2.39. The summed E-state index contributed by atoms with van der Waals surface area (Å²) in [6.07, 6.45) is 6.45. The van der Waals surface area contributed by atoms with Gasteiger partial charge in [-0.2, -0.15) is 0 Å². The van der Waals surface area contributed by atoms with Gasteiger partial charge in [0.05, 0.1) is 12.8 Å². The van der Waals surface area contributed by atoms with E-state index in [1.807, 2.05) is 48.1 Å². The predicted octanol–water partition coefficient (Wildman–Crippen LogP) is 2.50. The van der Waals surface area contributed by atoms with Crippen molar-refractivity contribution >= 4 is 11.9 Å². The molecule has 0 saturated carbocycles. The molecule has 0 saturated heterocycles. The molecule has 0 fully saturated rings. The summed E-state index contributed by atoms with van der Waals surface area (Å²) in [6, 6.07) is 7.80. The van der Waals surface area contributed by atoms with E-state index in [4.69, 9.17) is 9.72 Å². The van der Waals surface area contributed by atoms with Gasteiger partial charge in [-0.15, -0.1) is 0 Å². The number of amides is 1. The lowest BCUT2D eigenvalue weighted by Gasteiger charge is -2.27. The van der Waals surface area contributed by atoms with Crippen LogP contribution in [0.15, 0.2) is 42.9 Å². The Labute approximate surface area is 151 Å². The first-order valence-corrected chi connectivity index (χ1v) is 8.65. The highest BCUT2D eigenvalue weighted by atomic mass is 16.5. The number of carbonyl (C=O) groups excluding carboxylic acids is 1. The van der Waals surface area contributed by atoms with Crippen LogP contribution in [0.4, 0.5) is 5.95 Å². The number of aromatic nitrogens is 4. The minimum Gasteiger partial charge on any atom is -0.497 e. The van der Waals surface area contributed by atoms with Crippen LogP contribution in [-0.2, 0) is 17.9 Å². The third kappa shape index (κ3) is 2.96. The average molecular weight is 351 g/mol. The summed E-state index contributed by atoms with van der Waals surface area (Å²) in [6.45, 7) is 3.71. The number of carbonyl (C=O) groups is 1. The third-order valence-corrected chi connectivity index (χ3v) is 4.67. The molecular weight excluding hydrogens is 330 g/mol. The maximum atomic E-state index is 12.8. The van der Waals surface area contributed by atoms with Gasteiger partial charge < -0.3 is 13.9 Å². The van der Waals surface area contributed by atoms with Crippen molar-refractivity contribution in [3.05, 3.63) is 48.7 Å². The van der Waals surface area contributed by atoms with Gasteiger partial charge in [0.2, 0.25) is 11.9 Å². The summed E-state index contributed by atoms with van der Waals surface area (Å²) in [4.78, 5) is 23.5.